The van der Waals surface area contributed by atoms with Crippen molar-refractivity contribution in [2.24, 2.45) is 0 Å². The first kappa shape index (κ1) is 17.4. The number of nitrogens with zero attached hydrogens (tertiary/aromatic N) is 1. The molecule has 132 valence electrons. The number of aliphatic hydroxyl groups is 2. The van der Waals surface area contributed by atoms with E-state index in [-0.39, 0.29) is 12.5 Å². The average molecular weight is 331 g/mol. The summed E-state index contributed by atoms with van der Waals surface area (Å²) in [7, 11) is 0. The van der Waals surface area contributed by atoms with Gasteiger partial charge in [0.05, 0.1) is 17.6 Å². The van der Waals surface area contributed by atoms with Crippen molar-refractivity contribution in [1.82, 2.24) is 4.90 Å². The lowest BCUT2D eigenvalue weighted by atomic mass is 9.68. The topological polar surface area (TPSA) is 60.8 Å². The molecule has 2 aliphatic rings. The third-order valence-electron chi connectivity index (χ3n) is 5.94. The van der Waals surface area contributed by atoms with Gasteiger partial charge in [0.15, 0.2) is 0 Å². The van der Waals surface area contributed by atoms with Crippen LogP contribution in [0.3, 0.4) is 0 Å². The number of rotatable bonds is 3. The van der Waals surface area contributed by atoms with Gasteiger partial charge in [0.25, 0.3) is 0 Å². The summed E-state index contributed by atoms with van der Waals surface area (Å²) in [6.07, 6.45) is 6.98. The zero-order chi connectivity index (χ0) is 17.0. The van der Waals surface area contributed by atoms with E-state index >= 15 is 0 Å². The zero-order valence-corrected chi connectivity index (χ0v) is 14.4. The highest BCUT2D eigenvalue weighted by molar-refractivity contribution is 5.88. The molecule has 4 nitrogen and oxygen atoms in total. The summed E-state index contributed by atoms with van der Waals surface area (Å²) in [6.45, 7) is 0.985. The van der Waals surface area contributed by atoms with Crippen LogP contribution >= 0.6 is 0 Å². The molecule has 1 aliphatic carbocycles. The molecule has 0 bridgehead atoms. The maximum Gasteiger partial charge on any atom is 0.233 e. The van der Waals surface area contributed by atoms with Crippen LogP contribution in [-0.2, 0) is 10.2 Å². The zero-order valence-electron chi connectivity index (χ0n) is 14.4. The molecule has 1 aromatic carbocycles. The van der Waals surface area contributed by atoms with Crippen LogP contribution in [-0.4, -0.2) is 46.3 Å². The van der Waals surface area contributed by atoms with Gasteiger partial charge >= 0.3 is 0 Å². The van der Waals surface area contributed by atoms with Crippen LogP contribution in [0.2, 0.25) is 0 Å². The summed E-state index contributed by atoms with van der Waals surface area (Å²) in [5.41, 5.74) is -0.292. The van der Waals surface area contributed by atoms with Crippen molar-refractivity contribution >= 4 is 5.91 Å². The Morgan fingerprint density at radius 1 is 0.958 bits per heavy atom. The van der Waals surface area contributed by atoms with Crippen molar-refractivity contribution in [2.75, 3.05) is 19.7 Å². The number of likely N-dealkylation sites (tertiary alicyclic amines) is 1. The molecule has 2 N–H and O–H groups in total. The summed E-state index contributed by atoms with van der Waals surface area (Å²) in [5, 5.41) is 19.8. The Morgan fingerprint density at radius 2 is 1.67 bits per heavy atom. The molecule has 2 fully saturated rings. The van der Waals surface area contributed by atoms with Crippen molar-refractivity contribution in [3.63, 3.8) is 0 Å². The van der Waals surface area contributed by atoms with Crippen molar-refractivity contribution in [3.8, 4) is 0 Å². The van der Waals surface area contributed by atoms with Gasteiger partial charge in [0, 0.05) is 13.1 Å². The molecule has 1 aromatic rings. The first-order chi connectivity index (χ1) is 11.6. The Hall–Kier alpha value is -1.39. The number of benzene rings is 1. The fourth-order valence-electron chi connectivity index (χ4n) is 4.38. The molecular weight excluding hydrogens is 302 g/mol. The van der Waals surface area contributed by atoms with E-state index < -0.39 is 11.0 Å². The Labute approximate surface area is 144 Å². The predicted molar refractivity (Wildman–Crippen MR) is 93.7 cm³/mol. The maximum absolute atomic E-state index is 13.5. The van der Waals surface area contributed by atoms with Crippen molar-refractivity contribution < 1.29 is 15.0 Å². The van der Waals surface area contributed by atoms with Gasteiger partial charge < -0.3 is 15.1 Å². The van der Waals surface area contributed by atoms with Crippen LogP contribution in [0.25, 0.3) is 0 Å². The monoisotopic (exact) mass is 331 g/mol. The van der Waals surface area contributed by atoms with Crippen molar-refractivity contribution in [3.05, 3.63) is 35.9 Å². The Kier molecular flexibility index (Phi) is 5.26. The van der Waals surface area contributed by atoms with Gasteiger partial charge in [-0.15, -0.1) is 0 Å². The lowest BCUT2D eigenvalue weighted by molar-refractivity contribution is -0.139. The van der Waals surface area contributed by atoms with Gasteiger partial charge in [-0.1, -0.05) is 49.6 Å². The van der Waals surface area contributed by atoms with Crippen LogP contribution in [0, 0.1) is 0 Å². The second kappa shape index (κ2) is 7.24. The fourth-order valence-corrected chi connectivity index (χ4v) is 4.38. The molecule has 1 saturated carbocycles. The number of amides is 1. The van der Waals surface area contributed by atoms with Crippen molar-refractivity contribution in [2.45, 2.75) is 62.4 Å². The van der Waals surface area contributed by atoms with Crippen LogP contribution in [0.1, 0.15) is 56.9 Å². The Balaban J connectivity index is 1.84. The highest BCUT2D eigenvalue weighted by Gasteiger charge is 2.44. The van der Waals surface area contributed by atoms with E-state index in [1.54, 1.807) is 0 Å². The molecule has 0 spiro atoms. The van der Waals surface area contributed by atoms with Crippen LogP contribution in [0.15, 0.2) is 30.3 Å². The molecule has 1 amide bonds. The Bertz CT molecular complexity index is 553. The number of carbonyl (C=O) groups excluding carboxylic acids is 1. The second-order valence-corrected chi connectivity index (χ2v) is 7.54. The van der Waals surface area contributed by atoms with E-state index in [9.17, 15) is 15.0 Å². The minimum atomic E-state index is -1.03. The van der Waals surface area contributed by atoms with Crippen LogP contribution in [0.4, 0.5) is 0 Å². The van der Waals surface area contributed by atoms with Gasteiger partial charge in [-0.25, -0.2) is 0 Å². The van der Waals surface area contributed by atoms with Gasteiger partial charge in [0.2, 0.25) is 5.91 Å². The number of aliphatic hydroxyl groups excluding tert-OH is 1. The summed E-state index contributed by atoms with van der Waals surface area (Å²) in [4.78, 5) is 15.4. The molecule has 1 aliphatic heterocycles. The average Bonchev–Trinajstić information content (AvgIpc) is 2.85. The highest BCUT2D eigenvalue weighted by Crippen LogP contribution is 2.41. The third kappa shape index (κ3) is 3.35. The van der Waals surface area contributed by atoms with E-state index in [1.807, 2.05) is 23.1 Å². The third-order valence-corrected chi connectivity index (χ3v) is 5.94. The summed E-state index contributed by atoms with van der Waals surface area (Å²) < 4.78 is 0. The molecular formula is C20H29NO3. The lowest BCUT2D eigenvalue weighted by Gasteiger charge is -2.40. The number of hydrogen-bond donors (Lipinski definition) is 2. The van der Waals surface area contributed by atoms with Gasteiger partial charge in [0.1, 0.15) is 0 Å². The molecule has 4 heteroatoms. The van der Waals surface area contributed by atoms with Gasteiger partial charge in [-0.3, -0.25) is 4.79 Å². The molecule has 1 saturated heterocycles. The van der Waals surface area contributed by atoms with E-state index in [0.29, 0.717) is 25.9 Å². The van der Waals surface area contributed by atoms with Crippen LogP contribution in [0.5, 0.6) is 0 Å². The minimum absolute atomic E-state index is 0.218. The summed E-state index contributed by atoms with van der Waals surface area (Å²) in [6, 6.07) is 10.2. The maximum atomic E-state index is 13.5. The van der Waals surface area contributed by atoms with Gasteiger partial charge in [-0.2, -0.15) is 0 Å². The fraction of sp³-hybridized carbons (Fsp3) is 0.650. The van der Waals surface area contributed by atoms with E-state index in [1.165, 1.54) is 6.42 Å². The van der Waals surface area contributed by atoms with Gasteiger partial charge in [-0.05, 0) is 37.7 Å². The summed E-state index contributed by atoms with van der Waals surface area (Å²) >= 11 is 0. The quantitative estimate of drug-likeness (QED) is 0.895. The predicted octanol–water partition coefficient (Wildman–Crippen LogP) is 2.62. The van der Waals surface area contributed by atoms with Crippen LogP contribution < -0.4 is 0 Å². The lowest BCUT2D eigenvalue weighted by Crippen LogP contribution is -2.48. The first-order valence-electron chi connectivity index (χ1n) is 9.28. The highest BCUT2D eigenvalue weighted by atomic mass is 16.3. The standard InChI is InChI=1S/C20H29NO3/c22-16-19(24)10-7-14-21(15-13-19)18(23)20(11-5-2-6-12-20)17-8-3-1-4-9-17/h1,3-4,8-9,22,24H,2,5-7,10-16H2. The smallest absolute Gasteiger partial charge is 0.233 e. The normalized spacial score (nSPS) is 27.5. The molecule has 3 rings (SSSR count). The molecule has 1 atom stereocenters. The van der Waals surface area contributed by atoms with Crippen molar-refractivity contribution in [1.29, 1.82) is 0 Å². The van der Waals surface area contributed by atoms with E-state index in [2.05, 4.69) is 12.1 Å². The molecule has 24 heavy (non-hydrogen) atoms. The molecule has 1 heterocycles. The molecule has 1 unspecified atom stereocenters. The molecule has 0 radical (unpaired) electrons. The largest absolute Gasteiger partial charge is 0.393 e. The number of carbonyl (C=O) groups is 1. The second-order valence-electron chi connectivity index (χ2n) is 7.54. The molecule has 0 aromatic heterocycles. The number of hydrogen-bond acceptors (Lipinski definition) is 3. The Morgan fingerprint density at radius 3 is 2.33 bits per heavy atom. The SMILES string of the molecule is O=C(N1CCCC(O)(CO)CC1)C1(c2ccccc2)CCCCC1. The van der Waals surface area contributed by atoms with E-state index in [0.717, 1.165) is 37.7 Å². The first-order valence-corrected chi connectivity index (χ1v) is 9.28. The van der Waals surface area contributed by atoms with E-state index in [4.69, 9.17) is 0 Å². The summed E-state index contributed by atoms with van der Waals surface area (Å²) in [5.74, 6) is 0.218. The minimum Gasteiger partial charge on any atom is -0.393 e.